The maximum atomic E-state index is 12.3. The number of hydrogen-bond donors (Lipinski definition) is 2. The van der Waals surface area contributed by atoms with Gasteiger partial charge >= 0.3 is 0 Å². The minimum atomic E-state index is -0.0602. The molecule has 7 nitrogen and oxygen atoms in total. The number of hydrogen-bond acceptors (Lipinski definition) is 4. The average molecular weight is 392 g/mol. The summed E-state index contributed by atoms with van der Waals surface area (Å²) < 4.78 is 4.29. The number of fused-ring (bicyclic) bond motifs is 1. The van der Waals surface area contributed by atoms with Crippen LogP contribution >= 0.6 is 12.2 Å². The van der Waals surface area contributed by atoms with E-state index in [0.717, 1.165) is 22.7 Å². The van der Waals surface area contributed by atoms with Crippen LogP contribution in [0.2, 0.25) is 0 Å². The highest BCUT2D eigenvalue weighted by Crippen LogP contribution is 2.18. The second-order valence-corrected chi connectivity index (χ2v) is 6.98. The van der Waals surface area contributed by atoms with E-state index in [4.69, 9.17) is 12.2 Å². The molecule has 8 heteroatoms. The lowest BCUT2D eigenvalue weighted by Crippen LogP contribution is -2.24. The van der Waals surface area contributed by atoms with Gasteiger partial charge in [0.1, 0.15) is 5.65 Å². The first-order valence-electron chi connectivity index (χ1n) is 9.02. The van der Waals surface area contributed by atoms with Crippen LogP contribution in [-0.2, 0) is 17.9 Å². The quantitative estimate of drug-likeness (QED) is 0.494. The predicted molar refractivity (Wildman–Crippen MR) is 109 cm³/mol. The summed E-state index contributed by atoms with van der Waals surface area (Å²) in [7, 11) is 0. The largest absolute Gasteiger partial charge is 0.350 e. The molecule has 4 rings (SSSR count). The van der Waals surface area contributed by atoms with Crippen LogP contribution in [-0.4, -0.2) is 30.1 Å². The zero-order chi connectivity index (χ0) is 19.5. The molecular formula is C20H20N6OS. The van der Waals surface area contributed by atoms with Crippen LogP contribution in [0.25, 0.3) is 17.0 Å². The predicted octanol–water partition coefficient (Wildman–Crippen LogP) is 3.27. The van der Waals surface area contributed by atoms with Crippen LogP contribution in [0.5, 0.6) is 0 Å². The first kappa shape index (κ1) is 18.1. The molecule has 4 aromatic rings. The van der Waals surface area contributed by atoms with Crippen molar-refractivity contribution in [3.8, 4) is 11.4 Å². The molecule has 3 heterocycles. The van der Waals surface area contributed by atoms with Crippen molar-refractivity contribution in [3.63, 3.8) is 0 Å². The number of H-pyrrole nitrogens is 1. The van der Waals surface area contributed by atoms with Gasteiger partial charge in [0.2, 0.25) is 5.91 Å². The zero-order valence-corrected chi connectivity index (χ0v) is 16.2. The molecule has 0 saturated heterocycles. The molecular weight excluding hydrogens is 372 g/mol. The van der Waals surface area contributed by atoms with Gasteiger partial charge in [-0.15, -0.1) is 0 Å². The minimum absolute atomic E-state index is 0.0602. The molecule has 1 aromatic carbocycles. The van der Waals surface area contributed by atoms with E-state index in [1.54, 1.807) is 0 Å². The molecule has 0 bridgehead atoms. The van der Waals surface area contributed by atoms with Gasteiger partial charge < -0.3 is 9.72 Å². The van der Waals surface area contributed by atoms with Gasteiger partial charge in [0.25, 0.3) is 0 Å². The molecule has 3 aromatic heterocycles. The van der Waals surface area contributed by atoms with Gasteiger partial charge in [-0.05, 0) is 31.3 Å². The molecule has 0 saturated carbocycles. The summed E-state index contributed by atoms with van der Waals surface area (Å²) in [6, 6.07) is 13.9. The van der Waals surface area contributed by atoms with Crippen LogP contribution in [0, 0.1) is 11.7 Å². The third-order valence-corrected chi connectivity index (χ3v) is 4.82. The first-order chi connectivity index (χ1) is 13.6. The number of aromatic amines is 1. The topological polar surface area (TPSA) is 80.0 Å². The van der Waals surface area contributed by atoms with Crippen molar-refractivity contribution >= 4 is 23.8 Å². The van der Waals surface area contributed by atoms with E-state index in [0.29, 0.717) is 24.3 Å². The molecule has 0 radical (unpaired) electrons. The number of aryl methyl sites for hydroxylation is 1. The maximum absolute atomic E-state index is 12.3. The number of imidazole rings is 1. The number of pyridine rings is 1. The molecule has 1 amide bonds. The fourth-order valence-corrected chi connectivity index (χ4v) is 3.23. The Bertz CT molecular complexity index is 1140. The van der Waals surface area contributed by atoms with Gasteiger partial charge in [0.05, 0.1) is 12.2 Å². The molecule has 28 heavy (non-hydrogen) atoms. The molecule has 0 spiro atoms. The third kappa shape index (κ3) is 3.86. The Morgan fingerprint density at radius 3 is 2.82 bits per heavy atom. The molecule has 142 valence electrons. The Morgan fingerprint density at radius 2 is 2.04 bits per heavy atom. The van der Waals surface area contributed by atoms with E-state index in [9.17, 15) is 4.79 Å². The number of benzene rings is 1. The lowest BCUT2D eigenvalue weighted by Gasteiger charge is -2.08. The van der Waals surface area contributed by atoms with Crippen molar-refractivity contribution in [2.45, 2.75) is 26.4 Å². The van der Waals surface area contributed by atoms with Gasteiger partial charge in [0.15, 0.2) is 10.6 Å². The summed E-state index contributed by atoms with van der Waals surface area (Å²) in [5, 5.41) is 10.0. The summed E-state index contributed by atoms with van der Waals surface area (Å²) in [5.41, 5.74) is 3.82. The van der Waals surface area contributed by atoms with E-state index in [-0.39, 0.29) is 5.91 Å². The Balaban J connectivity index is 1.39. The smallest absolute Gasteiger partial charge is 0.222 e. The van der Waals surface area contributed by atoms with Crippen molar-refractivity contribution in [3.05, 3.63) is 70.9 Å². The number of aromatic nitrogens is 5. The summed E-state index contributed by atoms with van der Waals surface area (Å²) >= 11 is 5.33. The summed E-state index contributed by atoms with van der Waals surface area (Å²) in [5.74, 6) is 0.674. The molecule has 0 atom stereocenters. The molecule has 0 aliphatic rings. The maximum Gasteiger partial charge on any atom is 0.222 e. The van der Waals surface area contributed by atoms with Crippen molar-refractivity contribution < 1.29 is 4.79 Å². The number of amides is 1. The molecule has 0 aliphatic heterocycles. The normalized spacial score (nSPS) is 11.0. The number of nitrogens with one attached hydrogen (secondary N) is 2. The highest BCUT2D eigenvalue weighted by molar-refractivity contribution is 7.71. The Kier molecular flexibility index (Phi) is 5.03. The first-order valence-corrected chi connectivity index (χ1v) is 9.42. The van der Waals surface area contributed by atoms with E-state index in [1.165, 1.54) is 5.56 Å². The highest BCUT2D eigenvalue weighted by atomic mass is 32.1. The number of nitrogens with zero attached hydrogens (tertiary/aromatic N) is 4. The van der Waals surface area contributed by atoms with Gasteiger partial charge in [-0.2, -0.15) is 5.10 Å². The van der Waals surface area contributed by atoms with Crippen LogP contribution in [0.15, 0.2) is 54.9 Å². The summed E-state index contributed by atoms with van der Waals surface area (Å²) in [6.45, 7) is 2.88. The van der Waals surface area contributed by atoms with E-state index in [1.807, 2.05) is 70.7 Å². The number of carbonyl (C=O) groups is 1. The average Bonchev–Trinajstić information content (AvgIpc) is 3.28. The van der Waals surface area contributed by atoms with Gasteiger partial charge in [-0.1, -0.05) is 35.9 Å². The Labute approximate surface area is 167 Å². The van der Waals surface area contributed by atoms with E-state index >= 15 is 0 Å². The second-order valence-electron chi connectivity index (χ2n) is 6.60. The van der Waals surface area contributed by atoms with Crippen LogP contribution < -0.4 is 5.32 Å². The zero-order valence-electron chi connectivity index (χ0n) is 15.4. The van der Waals surface area contributed by atoms with Gasteiger partial charge in [0, 0.05) is 30.9 Å². The number of carbonyl (C=O) groups excluding carboxylic acids is 1. The number of rotatable bonds is 6. The molecule has 0 unspecified atom stereocenters. The Hall–Kier alpha value is -3.26. The lowest BCUT2D eigenvalue weighted by atomic mass is 10.1. The molecule has 0 aliphatic carbocycles. The van der Waals surface area contributed by atoms with E-state index < -0.39 is 0 Å². The fourth-order valence-electron chi connectivity index (χ4n) is 3.01. The minimum Gasteiger partial charge on any atom is -0.350 e. The lowest BCUT2D eigenvalue weighted by molar-refractivity contribution is -0.121. The van der Waals surface area contributed by atoms with Gasteiger partial charge in [-0.3, -0.25) is 14.5 Å². The SMILES string of the molecule is Cc1ccc(-c2n[nH]c(=S)n2CCC(=O)NCc2cn3ccccc3n2)cc1. The van der Waals surface area contributed by atoms with Crippen molar-refractivity contribution in [1.29, 1.82) is 0 Å². The monoisotopic (exact) mass is 392 g/mol. The van der Waals surface area contributed by atoms with E-state index in [2.05, 4.69) is 20.5 Å². The fraction of sp³-hybridized carbons (Fsp3) is 0.200. The second kappa shape index (κ2) is 7.77. The van der Waals surface area contributed by atoms with Crippen LogP contribution in [0.1, 0.15) is 17.7 Å². The highest BCUT2D eigenvalue weighted by Gasteiger charge is 2.11. The molecule has 0 fully saturated rings. The van der Waals surface area contributed by atoms with Crippen LogP contribution in [0.3, 0.4) is 0 Å². The van der Waals surface area contributed by atoms with Crippen molar-refractivity contribution in [1.82, 2.24) is 29.5 Å². The molecule has 2 N–H and O–H groups in total. The van der Waals surface area contributed by atoms with Crippen LogP contribution in [0.4, 0.5) is 0 Å². The third-order valence-electron chi connectivity index (χ3n) is 4.51. The van der Waals surface area contributed by atoms with Gasteiger partial charge in [-0.25, -0.2) is 4.98 Å². The van der Waals surface area contributed by atoms with Crippen molar-refractivity contribution in [2.75, 3.05) is 0 Å². The Morgan fingerprint density at radius 1 is 1.21 bits per heavy atom. The summed E-state index contributed by atoms with van der Waals surface area (Å²) in [4.78, 5) is 16.8. The standard InChI is InChI=1S/C20H20N6OS/c1-14-5-7-15(8-6-14)19-23-24-20(28)26(19)11-9-18(27)21-12-16-13-25-10-3-2-4-17(25)22-16/h2-8,10,13H,9,11-12H2,1H3,(H,21,27)(H,24,28). The van der Waals surface area contributed by atoms with Crippen molar-refractivity contribution in [2.24, 2.45) is 0 Å². The summed E-state index contributed by atoms with van der Waals surface area (Å²) in [6.07, 6.45) is 4.15.